The molecule has 1 aromatic carbocycles. The molecule has 3 aromatic rings. The number of aryl methyl sites for hydroxylation is 1. The summed E-state index contributed by atoms with van der Waals surface area (Å²) in [4.78, 5) is 22.3. The van der Waals surface area contributed by atoms with Gasteiger partial charge in [0, 0.05) is 36.3 Å². The predicted molar refractivity (Wildman–Crippen MR) is 77.5 cm³/mol. The lowest BCUT2D eigenvalue weighted by molar-refractivity contribution is 0.0949. The van der Waals surface area contributed by atoms with Crippen LogP contribution in [0.25, 0.3) is 10.9 Å². The van der Waals surface area contributed by atoms with Gasteiger partial charge in [-0.1, -0.05) is 18.2 Å². The molecule has 0 saturated carbocycles. The lowest BCUT2D eigenvalue weighted by Gasteiger charge is -2.02. The van der Waals surface area contributed by atoms with Crippen molar-refractivity contribution in [2.45, 2.75) is 12.8 Å². The smallest absolute Gasteiger partial charge is 0.267 e. The largest absolute Gasteiger partial charge is 0.351 e. The molecule has 2 heterocycles. The fraction of sp³-hybridized carbons (Fsp3) is 0.200. The fourth-order valence-corrected chi connectivity index (χ4v) is 2.18. The van der Waals surface area contributed by atoms with E-state index in [-0.39, 0.29) is 5.91 Å². The van der Waals surface area contributed by atoms with E-state index in [0.29, 0.717) is 12.2 Å². The van der Waals surface area contributed by atoms with Crippen LogP contribution in [-0.4, -0.2) is 27.4 Å². The van der Waals surface area contributed by atoms with Crippen molar-refractivity contribution in [1.29, 1.82) is 0 Å². The number of nitrogens with zero attached hydrogens (tertiary/aromatic N) is 1. The Bertz CT molecular complexity index is 667. The van der Waals surface area contributed by atoms with Gasteiger partial charge in [0.15, 0.2) is 0 Å². The highest BCUT2D eigenvalue weighted by atomic mass is 16.1. The summed E-state index contributed by atoms with van der Waals surface area (Å²) < 4.78 is 0. The Labute approximate surface area is 116 Å². The second kappa shape index (κ2) is 5.61. The van der Waals surface area contributed by atoms with E-state index < -0.39 is 0 Å². The number of aromatic amines is 2. The van der Waals surface area contributed by atoms with Gasteiger partial charge in [0.2, 0.25) is 0 Å². The van der Waals surface area contributed by atoms with Crippen LogP contribution in [0.3, 0.4) is 0 Å². The zero-order valence-electron chi connectivity index (χ0n) is 11.0. The zero-order chi connectivity index (χ0) is 13.8. The maximum absolute atomic E-state index is 12.0. The number of carbonyl (C=O) groups excluding carboxylic acids is 1. The van der Waals surface area contributed by atoms with Crippen LogP contribution < -0.4 is 5.32 Å². The monoisotopic (exact) mass is 268 g/mol. The molecule has 0 atom stereocenters. The molecule has 0 aliphatic carbocycles. The number of H-pyrrole nitrogens is 2. The molecule has 20 heavy (non-hydrogen) atoms. The van der Waals surface area contributed by atoms with Crippen molar-refractivity contribution in [3.8, 4) is 0 Å². The zero-order valence-corrected chi connectivity index (χ0v) is 11.0. The number of imidazole rings is 1. The molecule has 0 unspecified atom stereocenters. The van der Waals surface area contributed by atoms with Crippen molar-refractivity contribution < 1.29 is 4.79 Å². The van der Waals surface area contributed by atoms with Gasteiger partial charge in [0.05, 0.1) is 0 Å². The second-order valence-electron chi connectivity index (χ2n) is 4.67. The number of aromatic nitrogens is 3. The molecule has 0 spiro atoms. The van der Waals surface area contributed by atoms with Crippen LogP contribution >= 0.6 is 0 Å². The highest BCUT2D eigenvalue weighted by Crippen LogP contribution is 2.14. The van der Waals surface area contributed by atoms with Gasteiger partial charge >= 0.3 is 0 Å². The molecule has 2 aromatic heterocycles. The minimum absolute atomic E-state index is 0.0688. The third-order valence-corrected chi connectivity index (χ3v) is 3.21. The van der Waals surface area contributed by atoms with E-state index in [1.54, 1.807) is 12.4 Å². The van der Waals surface area contributed by atoms with Crippen molar-refractivity contribution in [2.24, 2.45) is 0 Å². The summed E-state index contributed by atoms with van der Waals surface area (Å²) in [7, 11) is 0. The Morgan fingerprint density at radius 2 is 2.20 bits per heavy atom. The van der Waals surface area contributed by atoms with E-state index in [1.165, 1.54) is 0 Å². The van der Waals surface area contributed by atoms with Gasteiger partial charge in [-0.15, -0.1) is 0 Å². The van der Waals surface area contributed by atoms with Crippen molar-refractivity contribution in [1.82, 2.24) is 20.3 Å². The molecule has 0 aliphatic heterocycles. The Morgan fingerprint density at radius 1 is 1.30 bits per heavy atom. The van der Waals surface area contributed by atoms with E-state index in [9.17, 15) is 4.79 Å². The maximum atomic E-state index is 12.0. The molecule has 5 nitrogen and oxygen atoms in total. The Morgan fingerprint density at radius 3 is 3.00 bits per heavy atom. The number of fused-ring (bicyclic) bond motifs is 1. The fourth-order valence-electron chi connectivity index (χ4n) is 2.18. The summed E-state index contributed by atoms with van der Waals surface area (Å²) >= 11 is 0. The minimum Gasteiger partial charge on any atom is -0.351 e. The summed E-state index contributed by atoms with van der Waals surface area (Å²) in [6, 6.07) is 9.73. The first kappa shape index (κ1) is 12.5. The van der Waals surface area contributed by atoms with Gasteiger partial charge in [-0.3, -0.25) is 4.79 Å². The van der Waals surface area contributed by atoms with Gasteiger partial charge in [0.25, 0.3) is 5.91 Å². The quantitative estimate of drug-likeness (QED) is 0.621. The minimum atomic E-state index is -0.0688. The SMILES string of the molecule is O=C(NCCCc1ncc[nH]1)c1cc2ccccc2[nH]1. The first-order chi connectivity index (χ1) is 9.83. The number of hydrogen-bond donors (Lipinski definition) is 3. The molecule has 3 rings (SSSR count). The van der Waals surface area contributed by atoms with Gasteiger partial charge in [-0.25, -0.2) is 4.98 Å². The highest BCUT2D eigenvalue weighted by molar-refractivity contribution is 5.97. The van der Waals surface area contributed by atoms with Crippen LogP contribution in [0.4, 0.5) is 0 Å². The molecule has 102 valence electrons. The van der Waals surface area contributed by atoms with Crippen molar-refractivity contribution >= 4 is 16.8 Å². The van der Waals surface area contributed by atoms with Gasteiger partial charge in [0.1, 0.15) is 11.5 Å². The Balaban J connectivity index is 1.53. The number of hydrogen-bond acceptors (Lipinski definition) is 2. The molecular formula is C15H16N4O. The number of carbonyl (C=O) groups is 1. The van der Waals surface area contributed by atoms with Gasteiger partial charge in [-0.2, -0.15) is 0 Å². The van der Waals surface area contributed by atoms with E-state index in [0.717, 1.165) is 29.6 Å². The average molecular weight is 268 g/mol. The number of nitrogens with one attached hydrogen (secondary N) is 3. The Hall–Kier alpha value is -2.56. The molecule has 5 heteroatoms. The summed E-state index contributed by atoms with van der Waals surface area (Å²) in [6.45, 7) is 0.634. The van der Waals surface area contributed by atoms with Gasteiger partial charge in [-0.05, 0) is 18.6 Å². The predicted octanol–water partition coefficient (Wildman–Crippen LogP) is 2.25. The van der Waals surface area contributed by atoms with Crippen molar-refractivity contribution in [2.75, 3.05) is 6.54 Å². The number of amides is 1. The van der Waals surface area contributed by atoms with Gasteiger partial charge < -0.3 is 15.3 Å². The van der Waals surface area contributed by atoms with Crippen molar-refractivity contribution in [3.05, 3.63) is 54.2 Å². The van der Waals surface area contributed by atoms with Crippen LogP contribution in [-0.2, 0) is 6.42 Å². The van der Waals surface area contributed by atoms with E-state index in [1.807, 2.05) is 30.3 Å². The molecular weight excluding hydrogens is 252 g/mol. The first-order valence-electron chi connectivity index (χ1n) is 6.67. The molecule has 3 N–H and O–H groups in total. The summed E-state index contributed by atoms with van der Waals surface area (Å²) in [5, 5.41) is 3.96. The van der Waals surface area contributed by atoms with Crippen LogP contribution in [0, 0.1) is 0 Å². The standard InChI is InChI=1S/C15H16N4O/c20-15(18-7-3-6-14-16-8-9-17-14)13-10-11-4-1-2-5-12(11)19-13/h1-2,4-5,8-10,19H,3,6-7H2,(H,16,17)(H,18,20). The third kappa shape index (κ3) is 2.71. The van der Waals surface area contributed by atoms with E-state index in [4.69, 9.17) is 0 Å². The normalized spacial score (nSPS) is 10.8. The van der Waals surface area contributed by atoms with E-state index in [2.05, 4.69) is 20.3 Å². The molecule has 0 aliphatic rings. The Kier molecular flexibility index (Phi) is 3.50. The molecule has 0 fully saturated rings. The van der Waals surface area contributed by atoms with Crippen LogP contribution in [0.1, 0.15) is 22.7 Å². The first-order valence-corrected chi connectivity index (χ1v) is 6.67. The number of para-hydroxylation sites is 1. The lowest BCUT2D eigenvalue weighted by Crippen LogP contribution is -2.25. The lowest BCUT2D eigenvalue weighted by atomic mass is 10.2. The third-order valence-electron chi connectivity index (χ3n) is 3.21. The second-order valence-corrected chi connectivity index (χ2v) is 4.67. The average Bonchev–Trinajstić information content (AvgIpc) is 3.12. The topological polar surface area (TPSA) is 73.6 Å². The maximum Gasteiger partial charge on any atom is 0.267 e. The molecule has 1 amide bonds. The van der Waals surface area contributed by atoms with Crippen LogP contribution in [0.5, 0.6) is 0 Å². The highest BCUT2D eigenvalue weighted by Gasteiger charge is 2.08. The summed E-state index contributed by atoms with van der Waals surface area (Å²) in [5.41, 5.74) is 1.58. The van der Waals surface area contributed by atoms with E-state index >= 15 is 0 Å². The van der Waals surface area contributed by atoms with Crippen molar-refractivity contribution in [3.63, 3.8) is 0 Å². The van der Waals surface area contributed by atoms with Crippen LogP contribution in [0.15, 0.2) is 42.7 Å². The number of benzene rings is 1. The summed E-state index contributed by atoms with van der Waals surface area (Å²) in [6.07, 6.45) is 5.23. The number of rotatable bonds is 5. The molecule has 0 bridgehead atoms. The summed E-state index contributed by atoms with van der Waals surface area (Å²) in [5.74, 6) is 0.880. The molecule has 0 radical (unpaired) electrons. The van der Waals surface area contributed by atoms with Crippen LogP contribution in [0.2, 0.25) is 0 Å². The molecule has 0 saturated heterocycles.